The van der Waals surface area contributed by atoms with Crippen molar-refractivity contribution in [1.29, 1.82) is 0 Å². The minimum atomic E-state index is -0.142. The Morgan fingerprint density at radius 3 is 2.29 bits per heavy atom. The van der Waals surface area contributed by atoms with Crippen molar-refractivity contribution in [2.45, 2.75) is 40.5 Å². The molecule has 0 aliphatic heterocycles. The van der Waals surface area contributed by atoms with Gasteiger partial charge in [0.1, 0.15) is 12.2 Å². The van der Waals surface area contributed by atoms with E-state index in [4.69, 9.17) is 9.26 Å². The predicted octanol–water partition coefficient (Wildman–Crippen LogP) is 5.72. The number of hydrogen-bond acceptors (Lipinski definition) is 3. The highest BCUT2D eigenvalue weighted by molar-refractivity contribution is 14.2. The topological polar surface area (TPSA) is 35.5 Å². The summed E-state index contributed by atoms with van der Waals surface area (Å²) in [4.78, 5) is 11.1. The molecule has 1 rings (SSSR count). The number of halogens is 1. The average molecular weight is 424 g/mol. The molecule has 0 heterocycles. The van der Waals surface area contributed by atoms with E-state index in [1.54, 1.807) is 6.08 Å². The van der Waals surface area contributed by atoms with Gasteiger partial charge >= 0.3 is 5.97 Å². The van der Waals surface area contributed by atoms with Crippen LogP contribution in [-0.2, 0) is 16.0 Å². The molecule has 3 nitrogen and oxygen atoms in total. The maximum atomic E-state index is 11.1. The number of rotatable bonds is 6. The summed E-state index contributed by atoms with van der Waals surface area (Å²) in [6.45, 7) is 11.9. The zero-order chi connectivity index (χ0) is 16.5. The summed E-state index contributed by atoms with van der Waals surface area (Å²) in [6.07, 6.45) is 2.90. The first-order valence-electron chi connectivity index (χ1n) is 7.02. The van der Waals surface area contributed by atoms with Crippen molar-refractivity contribution in [2.24, 2.45) is 0 Å². The zero-order valence-electron chi connectivity index (χ0n) is 13.3. The lowest BCUT2D eigenvalue weighted by Crippen LogP contribution is -2.04. The summed E-state index contributed by atoms with van der Waals surface area (Å²) in [7, 11) is 0. The van der Waals surface area contributed by atoms with Crippen LogP contribution in [0.2, 0.25) is 0 Å². The van der Waals surface area contributed by atoms with Gasteiger partial charge in [0.2, 0.25) is 0 Å². The Balaban J connectivity index is 0. The fraction of sp³-hybridized carbons (Fsp3) is 0.438. The first kappa shape index (κ1) is 22.7. The predicted molar refractivity (Wildman–Crippen MR) is 102 cm³/mol. The summed E-state index contributed by atoms with van der Waals surface area (Å²) in [6, 6.07) is 7.80. The molecule has 21 heavy (non-hydrogen) atoms. The van der Waals surface area contributed by atoms with E-state index >= 15 is 0 Å². The van der Waals surface area contributed by atoms with E-state index in [9.17, 15) is 4.79 Å². The number of esters is 1. The maximum Gasteiger partial charge on any atom is 0.306 e. The molecule has 1 unspecified atom stereocenters. The van der Waals surface area contributed by atoms with Crippen molar-refractivity contribution in [3.8, 4) is 5.75 Å². The van der Waals surface area contributed by atoms with Crippen molar-refractivity contribution in [3.05, 3.63) is 42.5 Å². The van der Waals surface area contributed by atoms with Crippen LogP contribution < -0.4 is 4.52 Å². The Hall–Kier alpha value is -0.610. The van der Waals surface area contributed by atoms with E-state index in [2.05, 4.69) is 28.6 Å². The number of carbonyl (C=O) groups excluding carboxylic acids is 1. The SMILES string of the molecule is C=CC.CC.CCOC(=O)CCc1ccc(OPI)cc1. The van der Waals surface area contributed by atoms with Gasteiger partial charge in [-0.1, -0.05) is 32.1 Å². The second-order valence-electron chi connectivity index (χ2n) is 3.54. The van der Waals surface area contributed by atoms with Crippen molar-refractivity contribution < 1.29 is 14.1 Å². The summed E-state index contributed by atoms with van der Waals surface area (Å²) < 4.78 is 10.2. The standard InChI is InChI=1S/C11H14IO3P.C3H6.C2H6/c1-2-14-11(13)8-5-9-3-6-10(7-4-9)15-16-12;1-3-2;1-2/h3-4,6-7,16H,2,5,8H2,1H3;3H,1H2,2H3;1-2H3. The van der Waals surface area contributed by atoms with E-state index in [-0.39, 0.29) is 5.97 Å². The van der Waals surface area contributed by atoms with Gasteiger partial charge in [0, 0.05) is 6.42 Å². The second kappa shape index (κ2) is 17.4. The van der Waals surface area contributed by atoms with Crippen molar-refractivity contribution in [2.75, 3.05) is 6.61 Å². The second-order valence-corrected chi connectivity index (χ2v) is 5.22. The van der Waals surface area contributed by atoms with Crippen LogP contribution >= 0.6 is 28.5 Å². The summed E-state index contributed by atoms with van der Waals surface area (Å²) in [5.41, 5.74) is 1.12. The zero-order valence-corrected chi connectivity index (χ0v) is 16.5. The largest absolute Gasteiger partial charge is 0.467 e. The molecule has 0 spiro atoms. The Morgan fingerprint density at radius 1 is 1.33 bits per heavy atom. The average Bonchev–Trinajstić information content (AvgIpc) is 2.50. The molecule has 1 aromatic rings. The van der Waals surface area contributed by atoms with Gasteiger partial charge < -0.3 is 9.26 Å². The molecule has 0 aliphatic carbocycles. The molecule has 0 bridgehead atoms. The number of allylic oxidation sites excluding steroid dienone is 1. The van der Waals surface area contributed by atoms with Crippen LogP contribution in [0.4, 0.5) is 0 Å². The monoisotopic (exact) mass is 424 g/mol. The van der Waals surface area contributed by atoms with E-state index in [0.717, 1.165) is 11.3 Å². The van der Waals surface area contributed by atoms with E-state index in [1.807, 2.05) is 52.0 Å². The normalized spacial score (nSPS) is 9.00. The van der Waals surface area contributed by atoms with Gasteiger partial charge in [-0.05, 0) is 60.0 Å². The van der Waals surface area contributed by atoms with Gasteiger partial charge in [-0.25, -0.2) is 0 Å². The smallest absolute Gasteiger partial charge is 0.306 e. The highest BCUT2D eigenvalue weighted by atomic mass is 127. The minimum absolute atomic E-state index is 0.142. The number of aryl methyl sites for hydroxylation is 1. The van der Waals surface area contributed by atoms with Gasteiger partial charge in [0.05, 0.1) is 6.61 Å². The van der Waals surface area contributed by atoms with Gasteiger partial charge in [-0.3, -0.25) is 4.79 Å². The molecule has 1 atom stereocenters. The van der Waals surface area contributed by atoms with Crippen molar-refractivity contribution in [3.63, 3.8) is 0 Å². The summed E-state index contributed by atoms with van der Waals surface area (Å²) >= 11 is 2.18. The Bertz CT molecular complexity index is 366. The van der Waals surface area contributed by atoms with Gasteiger partial charge in [0.15, 0.2) is 0 Å². The van der Waals surface area contributed by atoms with Crippen LogP contribution in [0.3, 0.4) is 0 Å². The molecule has 0 fully saturated rings. The Labute approximate surface area is 143 Å². The number of hydrogen-bond donors (Lipinski definition) is 0. The maximum absolute atomic E-state index is 11.1. The van der Waals surface area contributed by atoms with E-state index in [0.29, 0.717) is 25.9 Å². The first-order chi connectivity index (χ1) is 10.2. The van der Waals surface area contributed by atoms with Crippen LogP contribution in [0.5, 0.6) is 5.75 Å². The third-order valence-electron chi connectivity index (χ3n) is 2.00. The molecule has 0 radical (unpaired) electrons. The molecule has 1 aromatic carbocycles. The lowest BCUT2D eigenvalue weighted by Gasteiger charge is -2.04. The number of benzene rings is 1. The third kappa shape index (κ3) is 14.1. The lowest BCUT2D eigenvalue weighted by molar-refractivity contribution is -0.143. The lowest BCUT2D eigenvalue weighted by atomic mass is 10.1. The van der Waals surface area contributed by atoms with Gasteiger partial charge in [-0.15, -0.1) is 6.58 Å². The fourth-order valence-electron chi connectivity index (χ4n) is 1.25. The Morgan fingerprint density at radius 2 is 1.86 bits per heavy atom. The quantitative estimate of drug-likeness (QED) is 0.254. The van der Waals surface area contributed by atoms with Crippen LogP contribution in [0, 0.1) is 0 Å². The fourth-order valence-corrected chi connectivity index (χ4v) is 2.24. The molecule has 0 saturated heterocycles. The molecule has 0 amide bonds. The minimum Gasteiger partial charge on any atom is -0.467 e. The van der Waals surface area contributed by atoms with E-state index in [1.165, 1.54) is 0 Å². The van der Waals surface area contributed by atoms with Crippen LogP contribution in [0.25, 0.3) is 0 Å². The highest BCUT2D eigenvalue weighted by Crippen LogP contribution is 2.26. The van der Waals surface area contributed by atoms with E-state index < -0.39 is 0 Å². The molecule has 0 aromatic heterocycles. The highest BCUT2D eigenvalue weighted by Gasteiger charge is 2.02. The van der Waals surface area contributed by atoms with Crippen LogP contribution in [0.15, 0.2) is 36.9 Å². The molecule has 120 valence electrons. The molecule has 0 aliphatic rings. The molecular weight excluding hydrogens is 398 g/mol. The van der Waals surface area contributed by atoms with Gasteiger partial charge in [0.25, 0.3) is 0 Å². The third-order valence-corrected chi connectivity index (χ3v) is 2.98. The first-order valence-corrected chi connectivity index (χ1v) is 11.0. The van der Waals surface area contributed by atoms with Crippen molar-refractivity contribution >= 4 is 34.5 Å². The number of carbonyl (C=O) groups is 1. The summed E-state index contributed by atoms with van der Waals surface area (Å²) in [5, 5.41) is 0. The molecule has 0 saturated carbocycles. The molecular formula is C16H26IO3P. The Kier molecular flexibility index (Phi) is 18.8. The summed E-state index contributed by atoms with van der Waals surface area (Å²) in [5.74, 6) is 0.726. The molecule has 0 N–H and O–H groups in total. The van der Waals surface area contributed by atoms with Crippen LogP contribution in [0.1, 0.15) is 39.7 Å². The van der Waals surface area contributed by atoms with Gasteiger partial charge in [-0.2, -0.15) is 0 Å². The number of ether oxygens (including phenoxy) is 1. The van der Waals surface area contributed by atoms with Crippen molar-refractivity contribution in [1.82, 2.24) is 0 Å². The molecule has 5 heteroatoms. The van der Waals surface area contributed by atoms with Crippen LogP contribution in [-0.4, -0.2) is 12.6 Å².